The fourth-order valence-corrected chi connectivity index (χ4v) is 5.26. The molecule has 3 aromatic heterocycles. The molecule has 10 heteroatoms. The molecular formula is C22H24N4O5S. The number of imidazole rings is 1. The number of aryl methyl sites for hydroxylation is 1. The van der Waals surface area contributed by atoms with Gasteiger partial charge in [-0.15, -0.1) is 11.3 Å². The second-order valence-corrected chi connectivity index (χ2v) is 9.22. The third-order valence-electron chi connectivity index (χ3n) is 5.53. The van der Waals surface area contributed by atoms with Crippen LogP contribution in [0.4, 0.5) is 0 Å². The van der Waals surface area contributed by atoms with E-state index in [2.05, 4.69) is 0 Å². The zero-order chi connectivity index (χ0) is 23.3. The van der Waals surface area contributed by atoms with Gasteiger partial charge in [0.15, 0.2) is 0 Å². The molecule has 0 radical (unpaired) electrons. The summed E-state index contributed by atoms with van der Waals surface area (Å²) in [5.74, 6) is -0.535. The molecule has 0 unspecified atom stereocenters. The fourth-order valence-electron chi connectivity index (χ4n) is 3.99. The van der Waals surface area contributed by atoms with Crippen LogP contribution in [0.15, 0.2) is 38.6 Å². The van der Waals surface area contributed by atoms with E-state index in [1.807, 2.05) is 38.1 Å². The topological polar surface area (TPSA) is 97.2 Å². The van der Waals surface area contributed by atoms with Gasteiger partial charge in [0.2, 0.25) is 0 Å². The monoisotopic (exact) mass is 456 g/mol. The van der Waals surface area contributed by atoms with Crippen LogP contribution in [0, 0.1) is 5.92 Å². The Hall–Kier alpha value is -3.40. The predicted octanol–water partition coefficient (Wildman–Crippen LogP) is 1.91. The number of fused-ring (bicyclic) bond motifs is 2. The number of esters is 1. The first kappa shape index (κ1) is 21.8. The Morgan fingerprint density at radius 2 is 1.62 bits per heavy atom. The van der Waals surface area contributed by atoms with Crippen LogP contribution in [-0.4, -0.2) is 31.3 Å². The number of rotatable bonds is 5. The molecule has 0 aliphatic carbocycles. The van der Waals surface area contributed by atoms with Crippen LogP contribution >= 0.6 is 11.3 Å². The summed E-state index contributed by atoms with van der Waals surface area (Å²) >= 11 is 1.17. The van der Waals surface area contributed by atoms with Gasteiger partial charge in [-0.1, -0.05) is 26.0 Å². The first-order chi connectivity index (χ1) is 15.2. The van der Waals surface area contributed by atoms with Gasteiger partial charge in [-0.2, -0.15) is 0 Å². The summed E-state index contributed by atoms with van der Waals surface area (Å²) in [6.07, 6.45) is 0. The summed E-state index contributed by atoms with van der Waals surface area (Å²) < 4.78 is 10.6. The molecule has 168 valence electrons. The molecule has 4 aromatic rings. The third-order valence-corrected chi connectivity index (χ3v) is 6.73. The average Bonchev–Trinajstić information content (AvgIpc) is 3.26. The minimum Gasteiger partial charge on any atom is -0.465 e. The number of ether oxygens (including phenoxy) is 1. The molecule has 0 bridgehead atoms. The van der Waals surface area contributed by atoms with E-state index in [9.17, 15) is 19.2 Å². The SMILES string of the molecule is COC(=O)c1c(Cn2c(=O)n(C)c3ccccc32)sc2c1c(=O)n(C)c(=O)n2CC(C)C. The van der Waals surface area contributed by atoms with Crippen molar-refractivity contribution in [1.82, 2.24) is 18.3 Å². The number of methoxy groups -OCH3 is 1. The quantitative estimate of drug-likeness (QED) is 0.428. The van der Waals surface area contributed by atoms with E-state index in [-0.39, 0.29) is 29.1 Å². The lowest BCUT2D eigenvalue weighted by molar-refractivity contribution is 0.0602. The Labute approximate surface area is 186 Å². The number of carbonyl (C=O) groups is 1. The maximum absolute atomic E-state index is 13.1. The van der Waals surface area contributed by atoms with Crippen LogP contribution < -0.4 is 16.9 Å². The fraction of sp³-hybridized carbons (Fsp3) is 0.364. The molecule has 0 saturated heterocycles. The van der Waals surface area contributed by atoms with Gasteiger partial charge < -0.3 is 4.74 Å². The van der Waals surface area contributed by atoms with Gasteiger partial charge in [0.25, 0.3) is 5.56 Å². The Morgan fingerprint density at radius 3 is 2.25 bits per heavy atom. The highest BCUT2D eigenvalue weighted by molar-refractivity contribution is 7.19. The van der Waals surface area contributed by atoms with Crippen LogP contribution in [0.25, 0.3) is 21.3 Å². The summed E-state index contributed by atoms with van der Waals surface area (Å²) in [7, 11) is 4.33. The van der Waals surface area contributed by atoms with Gasteiger partial charge in [0.05, 0.1) is 35.6 Å². The van der Waals surface area contributed by atoms with Crippen molar-refractivity contribution in [1.29, 1.82) is 0 Å². The van der Waals surface area contributed by atoms with E-state index in [4.69, 9.17) is 4.74 Å². The summed E-state index contributed by atoms with van der Waals surface area (Å²) in [4.78, 5) is 52.5. The van der Waals surface area contributed by atoms with Crippen molar-refractivity contribution < 1.29 is 9.53 Å². The largest absolute Gasteiger partial charge is 0.465 e. The van der Waals surface area contributed by atoms with Crippen molar-refractivity contribution in [3.63, 3.8) is 0 Å². The molecule has 0 saturated carbocycles. The molecule has 9 nitrogen and oxygen atoms in total. The number of thiophene rings is 1. The Balaban J connectivity index is 2.07. The summed E-state index contributed by atoms with van der Waals surface area (Å²) in [6, 6.07) is 7.35. The normalized spacial score (nSPS) is 11.7. The van der Waals surface area contributed by atoms with E-state index >= 15 is 0 Å². The molecular weight excluding hydrogens is 432 g/mol. The van der Waals surface area contributed by atoms with Gasteiger partial charge in [-0.3, -0.25) is 23.1 Å². The minimum atomic E-state index is -0.675. The maximum atomic E-state index is 13.1. The van der Waals surface area contributed by atoms with Crippen LogP contribution in [0.2, 0.25) is 0 Å². The molecule has 0 aliphatic heterocycles. The van der Waals surface area contributed by atoms with Gasteiger partial charge in [0.1, 0.15) is 4.83 Å². The average molecular weight is 457 g/mol. The lowest BCUT2D eigenvalue weighted by Gasteiger charge is -2.11. The maximum Gasteiger partial charge on any atom is 0.339 e. The zero-order valence-corrected chi connectivity index (χ0v) is 19.4. The first-order valence-electron chi connectivity index (χ1n) is 10.1. The molecule has 4 rings (SSSR count). The van der Waals surface area contributed by atoms with Crippen molar-refractivity contribution in [2.24, 2.45) is 20.0 Å². The number of benzene rings is 1. The molecule has 0 spiro atoms. The number of hydrogen-bond acceptors (Lipinski definition) is 6. The number of hydrogen-bond donors (Lipinski definition) is 0. The lowest BCUT2D eigenvalue weighted by Crippen LogP contribution is -2.38. The molecule has 1 aromatic carbocycles. The third kappa shape index (κ3) is 3.22. The van der Waals surface area contributed by atoms with Crippen molar-refractivity contribution in [3.8, 4) is 0 Å². The molecule has 0 aliphatic rings. The van der Waals surface area contributed by atoms with Crippen molar-refractivity contribution in [2.45, 2.75) is 26.9 Å². The van der Waals surface area contributed by atoms with E-state index in [1.165, 1.54) is 34.6 Å². The summed E-state index contributed by atoms with van der Waals surface area (Å²) in [6.45, 7) is 4.39. The highest BCUT2D eigenvalue weighted by Crippen LogP contribution is 2.31. The van der Waals surface area contributed by atoms with Crippen LogP contribution in [0.1, 0.15) is 29.1 Å². The van der Waals surface area contributed by atoms with Crippen LogP contribution in [0.3, 0.4) is 0 Å². The number of nitrogens with zero attached hydrogens (tertiary/aromatic N) is 4. The highest BCUT2D eigenvalue weighted by Gasteiger charge is 2.27. The molecule has 0 amide bonds. The zero-order valence-electron chi connectivity index (χ0n) is 18.5. The van der Waals surface area contributed by atoms with Gasteiger partial charge >= 0.3 is 17.3 Å². The van der Waals surface area contributed by atoms with Gasteiger partial charge in [0, 0.05) is 25.5 Å². The van der Waals surface area contributed by atoms with Gasteiger partial charge in [-0.05, 0) is 18.1 Å². The smallest absolute Gasteiger partial charge is 0.339 e. The molecule has 0 N–H and O–H groups in total. The van der Waals surface area contributed by atoms with Gasteiger partial charge in [-0.25, -0.2) is 14.4 Å². The van der Waals surface area contributed by atoms with Crippen molar-refractivity contribution in [3.05, 3.63) is 66.0 Å². The lowest BCUT2D eigenvalue weighted by atomic mass is 10.1. The highest BCUT2D eigenvalue weighted by atomic mass is 32.1. The number of carbonyl (C=O) groups excluding carboxylic acids is 1. The molecule has 3 heterocycles. The second-order valence-electron chi connectivity index (χ2n) is 8.14. The Morgan fingerprint density at radius 1 is 1.00 bits per heavy atom. The van der Waals surface area contributed by atoms with Crippen molar-refractivity contribution >= 4 is 38.6 Å². The van der Waals surface area contributed by atoms with Crippen molar-refractivity contribution in [2.75, 3.05) is 7.11 Å². The van der Waals surface area contributed by atoms with E-state index in [0.29, 0.717) is 21.8 Å². The van der Waals surface area contributed by atoms with Crippen LogP contribution in [-0.2, 0) is 31.9 Å². The number of para-hydroxylation sites is 2. The first-order valence-corrected chi connectivity index (χ1v) is 11.0. The minimum absolute atomic E-state index is 0.0724. The Kier molecular flexibility index (Phi) is 5.41. The molecule has 32 heavy (non-hydrogen) atoms. The van der Waals surface area contributed by atoms with E-state index < -0.39 is 17.2 Å². The summed E-state index contributed by atoms with van der Waals surface area (Å²) in [5.41, 5.74) is 0.324. The molecule has 0 atom stereocenters. The Bertz CT molecular complexity index is 1550. The molecule has 0 fully saturated rings. The second kappa shape index (κ2) is 7.94. The standard InChI is InChI=1S/C22H24N4O5S/c1-12(2)10-26-19-17(18(27)24(4)22(26)30)16(20(28)31-5)15(32-19)11-25-14-9-7-6-8-13(14)23(3)21(25)29/h6-9,12H,10-11H2,1-5H3. The number of aromatic nitrogens is 4. The summed E-state index contributed by atoms with van der Waals surface area (Å²) in [5, 5.41) is 0.146. The van der Waals surface area contributed by atoms with E-state index in [0.717, 1.165) is 10.1 Å². The van der Waals surface area contributed by atoms with E-state index in [1.54, 1.807) is 11.6 Å². The van der Waals surface area contributed by atoms with Crippen LogP contribution in [0.5, 0.6) is 0 Å². The predicted molar refractivity (Wildman–Crippen MR) is 124 cm³/mol.